The topological polar surface area (TPSA) is 26.0 Å². The zero-order chi connectivity index (χ0) is 14.0. The summed E-state index contributed by atoms with van der Waals surface area (Å²) in [4.78, 5) is 0. The summed E-state index contributed by atoms with van der Waals surface area (Å²) < 4.78 is 12.9. The van der Waals surface area contributed by atoms with Gasteiger partial charge in [0, 0.05) is 10.6 Å². The lowest BCUT2D eigenvalue weighted by Crippen LogP contribution is -2.35. The Morgan fingerprint density at radius 2 is 1.79 bits per heavy atom. The maximum atomic E-state index is 12.9. The van der Waals surface area contributed by atoms with E-state index >= 15 is 0 Å². The van der Waals surface area contributed by atoms with E-state index in [1.54, 1.807) is 12.1 Å². The lowest BCUT2D eigenvalue weighted by molar-refractivity contribution is 0.490. The average molecular weight is 278 g/mol. The van der Waals surface area contributed by atoms with Gasteiger partial charge in [-0.15, -0.1) is 0 Å². The Bertz CT molecular complexity index is 576. The van der Waals surface area contributed by atoms with Crippen molar-refractivity contribution in [2.45, 2.75) is 25.8 Å². The lowest BCUT2D eigenvalue weighted by atomic mass is 9.86. The summed E-state index contributed by atoms with van der Waals surface area (Å²) in [6.45, 7) is 3.92. The molecule has 1 nitrogen and oxygen atoms in total. The first-order valence-corrected chi connectivity index (χ1v) is 6.56. The highest BCUT2D eigenvalue weighted by molar-refractivity contribution is 6.31. The summed E-state index contributed by atoms with van der Waals surface area (Å²) in [6, 6.07) is 12.2. The molecule has 0 spiro atoms. The summed E-state index contributed by atoms with van der Waals surface area (Å²) in [5.41, 5.74) is 8.78. The molecule has 2 N–H and O–H groups in total. The van der Waals surface area contributed by atoms with Crippen LogP contribution >= 0.6 is 11.6 Å². The highest BCUT2D eigenvalue weighted by Gasteiger charge is 2.22. The summed E-state index contributed by atoms with van der Waals surface area (Å²) in [6.07, 6.45) is 0.609. The second-order valence-electron chi connectivity index (χ2n) is 5.20. The molecule has 0 aliphatic heterocycles. The van der Waals surface area contributed by atoms with Crippen molar-refractivity contribution >= 4 is 11.6 Å². The molecule has 0 aliphatic carbocycles. The predicted octanol–water partition coefficient (Wildman–Crippen LogP) is 4.20. The molecule has 3 heteroatoms. The van der Waals surface area contributed by atoms with Crippen LogP contribution in [0.2, 0.25) is 5.02 Å². The van der Waals surface area contributed by atoms with Crippen LogP contribution in [0.1, 0.15) is 23.6 Å². The fraction of sp³-hybridized carbons (Fsp3) is 0.250. The van der Waals surface area contributed by atoms with Crippen molar-refractivity contribution in [3.8, 4) is 0 Å². The molecule has 19 heavy (non-hydrogen) atoms. The summed E-state index contributed by atoms with van der Waals surface area (Å²) in [7, 11) is 0. The molecule has 0 saturated carbocycles. The molecule has 0 heterocycles. The first-order valence-electron chi connectivity index (χ1n) is 6.18. The van der Waals surface area contributed by atoms with E-state index < -0.39 is 5.54 Å². The highest BCUT2D eigenvalue weighted by Crippen LogP contribution is 2.27. The molecule has 0 radical (unpaired) electrons. The quantitative estimate of drug-likeness (QED) is 0.894. The maximum absolute atomic E-state index is 12.9. The van der Waals surface area contributed by atoms with Gasteiger partial charge in [0.1, 0.15) is 5.82 Å². The minimum absolute atomic E-state index is 0.257. The second-order valence-corrected chi connectivity index (χ2v) is 5.60. The highest BCUT2D eigenvalue weighted by atomic mass is 35.5. The normalized spacial score (nSPS) is 14.2. The van der Waals surface area contributed by atoms with Crippen molar-refractivity contribution in [1.82, 2.24) is 0 Å². The Morgan fingerprint density at radius 3 is 2.37 bits per heavy atom. The van der Waals surface area contributed by atoms with E-state index in [0.717, 1.165) is 21.7 Å². The smallest absolute Gasteiger partial charge is 0.123 e. The fourth-order valence-electron chi connectivity index (χ4n) is 2.12. The molecule has 0 amide bonds. The summed E-state index contributed by atoms with van der Waals surface area (Å²) in [5.74, 6) is -0.257. The second kappa shape index (κ2) is 5.32. The Balaban J connectivity index is 2.27. The monoisotopic (exact) mass is 277 g/mol. The van der Waals surface area contributed by atoms with E-state index in [2.05, 4.69) is 0 Å². The minimum Gasteiger partial charge on any atom is -0.321 e. The number of rotatable bonds is 3. The van der Waals surface area contributed by atoms with Crippen LogP contribution in [-0.4, -0.2) is 0 Å². The number of hydrogen-bond donors (Lipinski definition) is 1. The number of benzene rings is 2. The van der Waals surface area contributed by atoms with Crippen molar-refractivity contribution in [1.29, 1.82) is 0 Å². The van der Waals surface area contributed by atoms with Gasteiger partial charge in [-0.1, -0.05) is 35.9 Å². The van der Waals surface area contributed by atoms with E-state index in [-0.39, 0.29) is 5.82 Å². The van der Waals surface area contributed by atoms with Crippen LogP contribution in [0.3, 0.4) is 0 Å². The van der Waals surface area contributed by atoms with E-state index in [4.69, 9.17) is 17.3 Å². The molecule has 0 fully saturated rings. The summed E-state index contributed by atoms with van der Waals surface area (Å²) >= 11 is 6.23. The standard InChI is InChI=1S/C16H17ClFN/c1-11-3-4-12(15(17)9-11)10-16(2,19)13-5-7-14(18)8-6-13/h3-9H,10,19H2,1-2H3. The maximum Gasteiger partial charge on any atom is 0.123 e. The van der Waals surface area contributed by atoms with Crippen LogP contribution < -0.4 is 5.73 Å². The molecule has 2 aromatic rings. The Kier molecular flexibility index (Phi) is 3.93. The third kappa shape index (κ3) is 3.34. The van der Waals surface area contributed by atoms with Crippen LogP contribution in [0.4, 0.5) is 4.39 Å². The first-order chi connectivity index (χ1) is 8.88. The molecule has 0 saturated heterocycles. The van der Waals surface area contributed by atoms with Crippen LogP contribution in [0.15, 0.2) is 42.5 Å². The van der Waals surface area contributed by atoms with Gasteiger partial charge in [0.25, 0.3) is 0 Å². The van der Waals surface area contributed by atoms with Gasteiger partial charge in [0.05, 0.1) is 0 Å². The average Bonchev–Trinajstić information content (AvgIpc) is 2.33. The molecule has 0 aliphatic rings. The number of halogens is 2. The van der Waals surface area contributed by atoms with E-state index in [9.17, 15) is 4.39 Å². The molecule has 2 rings (SSSR count). The fourth-order valence-corrected chi connectivity index (χ4v) is 2.43. The summed E-state index contributed by atoms with van der Waals surface area (Å²) in [5, 5.41) is 0.721. The number of nitrogens with two attached hydrogens (primary N) is 1. The van der Waals surface area contributed by atoms with Crippen molar-refractivity contribution in [2.24, 2.45) is 5.73 Å². The predicted molar refractivity (Wildman–Crippen MR) is 77.8 cm³/mol. The molecule has 0 aromatic heterocycles. The van der Waals surface area contributed by atoms with Gasteiger partial charge in [-0.3, -0.25) is 0 Å². The van der Waals surface area contributed by atoms with Gasteiger partial charge < -0.3 is 5.73 Å². The largest absolute Gasteiger partial charge is 0.321 e. The van der Waals surface area contributed by atoms with E-state index in [1.165, 1.54) is 12.1 Å². The number of aryl methyl sites for hydroxylation is 1. The molecule has 2 aromatic carbocycles. The van der Waals surface area contributed by atoms with Crippen LogP contribution in [0, 0.1) is 12.7 Å². The third-order valence-corrected chi connectivity index (χ3v) is 3.62. The van der Waals surface area contributed by atoms with Gasteiger partial charge in [-0.05, 0) is 55.2 Å². The molecular formula is C16H17ClFN. The lowest BCUT2D eigenvalue weighted by Gasteiger charge is -2.26. The Morgan fingerprint density at radius 1 is 1.16 bits per heavy atom. The van der Waals surface area contributed by atoms with Crippen molar-refractivity contribution in [2.75, 3.05) is 0 Å². The zero-order valence-electron chi connectivity index (χ0n) is 11.1. The molecule has 1 unspecified atom stereocenters. The Hall–Kier alpha value is -1.38. The van der Waals surface area contributed by atoms with Crippen molar-refractivity contribution < 1.29 is 4.39 Å². The van der Waals surface area contributed by atoms with Gasteiger partial charge in [0.15, 0.2) is 0 Å². The van der Waals surface area contributed by atoms with Gasteiger partial charge in [0.2, 0.25) is 0 Å². The molecule has 1 atom stereocenters. The molecule has 100 valence electrons. The van der Waals surface area contributed by atoms with Crippen molar-refractivity contribution in [3.05, 3.63) is 70.0 Å². The molecule has 0 bridgehead atoms. The van der Waals surface area contributed by atoms with Crippen LogP contribution in [-0.2, 0) is 12.0 Å². The third-order valence-electron chi connectivity index (χ3n) is 3.27. The Labute approximate surface area is 118 Å². The van der Waals surface area contributed by atoms with Gasteiger partial charge in [-0.2, -0.15) is 0 Å². The number of hydrogen-bond acceptors (Lipinski definition) is 1. The SMILES string of the molecule is Cc1ccc(CC(C)(N)c2ccc(F)cc2)c(Cl)c1. The van der Waals surface area contributed by atoms with E-state index in [0.29, 0.717) is 6.42 Å². The van der Waals surface area contributed by atoms with Crippen molar-refractivity contribution in [3.63, 3.8) is 0 Å². The van der Waals surface area contributed by atoms with E-state index in [1.807, 2.05) is 32.0 Å². The molecular weight excluding hydrogens is 261 g/mol. The van der Waals surface area contributed by atoms with Gasteiger partial charge >= 0.3 is 0 Å². The van der Waals surface area contributed by atoms with Crippen LogP contribution in [0.25, 0.3) is 0 Å². The van der Waals surface area contributed by atoms with Crippen LogP contribution in [0.5, 0.6) is 0 Å². The van der Waals surface area contributed by atoms with Gasteiger partial charge in [-0.25, -0.2) is 4.39 Å². The first kappa shape index (κ1) is 14.0. The zero-order valence-corrected chi connectivity index (χ0v) is 11.8. The minimum atomic E-state index is -0.577.